The predicted octanol–water partition coefficient (Wildman–Crippen LogP) is 0.689. The molecule has 21 heavy (non-hydrogen) atoms. The molecular formula is C15H22N2O4. The molecule has 1 rings (SSSR count). The molecule has 0 radical (unpaired) electrons. The second-order valence-corrected chi connectivity index (χ2v) is 4.78. The van der Waals surface area contributed by atoms with Crippen LogP contribution in [0, 0.1) is 5.92 Å². The molecular weight excluding hydrogens is 272 g/mol. The number of nitrogens with one attached hydrogen (secondary N) is 1. The van der Waals surface area contributed by atoms with E-state index in [2.05, 4.69) is 5.32 Å². The van der Waals surface area contributed by atoms with Gasteiger partial charge in [0, 0.05) is 18.7 Å². The second-order valence-electron chi connectivity index (χ2n) is 4.78. The summed E-state index contributed by atoms with van der Waals surface area (Å²) in [6.45, 7) is 2.50. The molecule has 0 aliphatic rings. The molecule has 6 nitrogen and oxygen atoms in total. The van der Waals surface area contributed by atoms with E-state index in [4.69, 9.17) is 15.6 Å². The molecule has 0 saturated heterocycles. The fraction of sp³-hybridized carbons (Fsp3) is 0.467. The summed E-state index contributed by atoms with van der Waals surface area (Å²) in [6.07, 6.45) is 1.58. The smallest absolute Gasteiger partial charge is 0.255 e. The lowest BCUT2D eigenvalue weighted by Gasteiger charge is -2.14. The van der Waals surface area contributed by atoms with Crippen LogP contribution < -0.4 is 15.8 Å². The summed E-state index contributed by atoms with van der Waals surface area (Å²) < 4.78 is 5.12. The van der Waals surface area contributed by atoms with Gasteiger partial charge in [-0.15, -0.1) is 0 Å². The van der Waals surface area contributed by atoms with E-state index in [-0.39, 0.29) is 25.0 Å². The average molecular weight is 294 g/mol. The molecule has 0 spiro atoms. The Morgan fingerprint density at radius 3 is 2.52 bits per heavy atom. The van der Waals surface area contributed by atoms with Crippen molar-refractivity contribution in [3.05, 3.63) is 29.8 Å². The third-order valence-corrected chi connectivity index (χ3v) is 3.16. The SMILES string of the molecule is CCC(CCO)CNC(=O)c1ccc(OCC(N)=O)cc1. The number of ether oxygens (including phenoxy) is 1. The van der Waals surface area contributed by atoms with Crippen LogP contribution in [0.1, 0.15) is 30.1 Å². The van der Waals surface area contributed by atoms with E-state index in [9.17, 15) is 9.59 Å². The number of aliphatic hydroxyl groups excluding tert-OH is 1. The molecule has 2 amide bonds. The first kappa shape index (κ1) is 17.0. The maximum Gasteiger partial charge on any atom is 0.255 e. The molecule has 0 aromatic heterocycles. The Labute approximate surface area is 124 Å². The molecule has 4 N–H and O–H groups in total. The van der Waals surface area contributed by atoms with Crippen molar-refractivity contribution in [1.82, 2.24) is 5.32 Å². The van der Waals surface area contributed by atoms with Gasteiger partial charge in [-0.3, -0.25) is 9.59 Å². The zero-order valence-corrected chi connectivity index (χ0v) is 12.2. The predicted molar refractivity (Wildman–Crippen MR) is 78.9 cm³/mol. The summed E-state index contributed by atoms with van der Waals surface area (Å²) in [5, 5.41) is 11.8. The number of carbonyl (C=O) groups excluding carboxylic acids is 2. The number of rotatable bonds is 9. The minimum absolute atomic E-state index is 0.125. The van der Waals surface area contributed by atoms with E-state index < -0.39 is 5.91 Å². The lowest BCUT2D eigenvalue weighted by molar-refractivity contribution is -0.119. The van der Waals surface area contributed by atoms with Gasteiger partial charge in [0.15, 0.2) is 6.61 Å². The first-order valence-corrected chi connectivity index (χ1v) is 6.97. The highest BCUT2D eigenvalue weighted by Crippen LogP contribution is 2.12. The highest BCUT2D eigenvalue weighted by Gasteiger charge is 2.10. The molecule has 1 unspecified atom stereocenters. The minimum Gasteiger partial charge on any atom is -0.484 e. The van der Waals surface area contributed by atoms with Gasteiger partial charge in [-0.25, -0.2) is 0 Å². The monoisotopic (exact) mass is 294 g/mol. The summed E-state index contributed by atoms with van der Waals surface area (Å²) in [4.78, 5) is 22.6. The first-order chi connectivity index (χ1) is 10.1. The molecule has 1 aromatic rings. The summed E-state index contributed by atoms with van der Waals surface area (Å²) in [7, 11) is 0. The lowest BCUT2D eigenvalue weighted by atomic mass is 10.0. The minimum atomic E-state index is -0.550. The van der Waals surface area contributed by atoms with Gasteiger partial charge < -0.3 is 20.9 Å². The van der Waals surface area contributed by atoms with Crippen molar-refractivity contribution >= 4 is 11.8 Å². The van der Waals surface area contributed by atoms with Crippen LogP contribution >= 0.6 is 0 Å². The molecule has 0 fully saturated rings. The molecule has 0 aliphatic heterocycles. The van der Waals surface area contributed by atoms with Gasteiger partial charge in [0.1, 0.15) is 5.75 Å². The van der Waals surface area contributed by atoms with E-state index in [0.29, 0.717) is 24.3 Å². The number of hydrogen-bond donors (Lipinski definition) is 3. The molecule has 116 valence electrons. The van der Waals surface area contributed by atoms with Crippen molar-refractivity contribution in [2.75, 3.05) is 19.8 Å². The van der Waals surface area contributed by atoms with Crippen molar-refractivity contribution in [3.8, 4) is 5.75 Å². The van der Waals surface area contributed by atoms with Gasteiger partial charge >= 0.3 is 0 Å². The van der Waals surface area contributed by atoms with E-state index in [1.165, 1.54) is 0 Å². The fourth-order valence-electron chi connectivity index (χ4n) is 1.83. The number of aliphatic hydroxyl groups is 1. The maximum absolute atomic E-state index is 12.0. The van der Waals surface area contributed by atoms with Crippen LogP contribution in [0.4, 0.5) is 0 Å². The molecule has 6 heteroatoms. The fourth-order valence-corrected chi connectivity index (χ4v) is 1.83. The van der Waals surface area contributed by atoms with Gasteiger partial charge in [0.05, 0.1) is 0 Å². The molecule has 0 aliphatic carbocycles. The largest absolute Gasteiger partial charge is 0.484 e. The van der Waals surface area contributed by atoms with Crippen LogP contribution in [-0.2, 0) is 4.79 Å². The summed E-state index contributed by atoms with van der Waals surface area (Å²) in [5.41, 5.74) is 5.49. The standard InChI is InChI=1S/C15H22N2O4/c1-2-11(7-8-18)9-17-15(20)12-3-5-13(6-4-12)21-10-14(16)19/h3-6,11,18H,2,7-10H2,1H3,(H2,16,19)(H,17,20). The van der Waals surface area contributed by atoms with Crippen LogP contribution in [0.2, 0.25) is 0 Å². The summed E-state index contributed by atoms with van der Waals surface area (Å²) >= 11 is 0. The number of hydrogen-bond acceptors (Lipinski definition) is 4. The van der Waals surface area contributed by atoms with E-state index in [1.807, 2.05) is 6.92 Å². The van der Waals surface area contributed by atoms with Crippen molar-refractivity contribution in [3.63, 3.8) is 0 Å². The van der Waals surface area contributed by atoms with Gasteiger partial charge in [0.2, 0.25) is 0 Å². The first-order valence-electron chi connectivity index (χ1n) is 6.97. The number of primary amides is 1. The van der Waals surface area contributed by atoms with Crippen molar-refractivity contribution in [1.29, 1.82) is 0 Å². The van der Waals surface area contributed by atoms with Crippen molar-refractivity contribution in [2.45, 2.75) is 19.8 Å². The third kappa shape index (κ3) is 6.27. The van der Waals surface area contributed by atoms with Crippen LogP contribution in [0.5, 0.6) is 5.75 Å². The molecule has 0 heterocycles. The zero-order valence-electron chi connectivity index (χ0n) is 12.2. The van der Waals surface area contributed by atoms with Crippen LogP contribution in [0.25, 0.3) is 0 Å². The third-order valence-electron chi connectivity index (χ3n) is 3.16. The average Bonchev–Trinajstić information content (AvgIpc) is 2.49. The zero-order chi connectivity index (χ0) is 15.7. The molecule has 0 saturated carbocycles. The second kappa shape index (κ2) is 8.97. The lowest BCUT2D eigenvalue weighted by Crippen LogP contribution is -2.29. The van der Waals surface area contributed by atoms with Crippen molar-refractivity contribution in [2.24, 2.45) is 11.7 Å². The van der Waals surface area contributed by atoms with Gasteiger partial charge in [0.25, 0.3) is 11.8 Å². The van der Waals surface area contributed by atoms with Gasteiger partial charge in [-0.1, -0.05) is 13.3 Å². The highest BCUT2D eigenvalue weighted by atomic mass is 16.5. The highest BCUT2D eigenvalue weighted by molar-refractivity contribution is 5.94. The Bertz CT molecular complexity index is 459. The van der Waals surface area contributed by atoms with Crippen molar-refractivity contribution < 1.29 is 19.4 Å². The Morgan fingerprint density at radius 1 is 1.33 bits per heavy atom. The van der Waals surface area contributed by atoms with Gasteiger partial charge in [-0.2, -0.15) is 0 Å². The van der Waals surface area contributed by atoms with Crippen LogP contribution in [0.15, 0.2) is 24.3 Å². The Kier molecular flexibility index (Phi) is 7.25. The molecule has 0 bridgehead atoms. The Hall–Kier alpha value is -2.08. The maximum atomic E-state index is 12.0. The Morgan fingerprint density at radius 2 is 2.00 bits per heavy atom. The topological polar surface area (TPSA) is 102 Å². The number of amides is 2. The summed E-state index contributed by atoms with van der Waals surface area (Å²) in [6, 6.07) is 6.48. The van der Waals surface area contributed by atoms with E-state index >= 15 is 0 Å². The van der Waals surface area contributed by atoms with Crippen LogP contribution in [-0.4, -0.2) is 36.7 Å². The molecule has 1 atom stereocenters. The number of nitrogens with two attached hydrogens (primary N) is 1. The molecule has 1 aromatic carbocycles. The van der Waals surface area contributed by atoms with E-state index in [1.54, 1.807) is 24.3 Å². The number of benzene rings is 1. The number of carbonyl (C=O) groups is 2. The van der Waals surface area contributed by atoms with Crippen LogP contribution in [0.3, 0.4) is 0 Å². The summed E-state index contributed by atoms with van der Waals surface area (Å²) in [5.74, 6) is 0.0355. The normalized spacial score (nSPS) is 11.7. The Balaban J connectivity index is 2.49. The van der Waals surface area contributed by atoms with E-state index in [0.717, 1.165) is 6.42 Å². The van der Waals surface area contributed by atoms with Gasteiger partial charge in [-0.05, 0) is 36.6 Å². The quantitative estimate of drug-likeness (QED) is 0.623.